The molecule has 0 N–H and O–H groups in total. The van der Waals surface area contributed by atoms with Crippen LogP contribution in [0.4, 0.5) is 0 Å². The molecule has 0 saturated heterocycles. The van der Waals surface area contributed by atoms with E-state index < -0.39 is 0 Å². The predicted molar refractivity (Wildman–Crippen MR) is 106 cm³/mol. The number of allylic oxidation sites excluding steroid dienone is 4. The fourth-order valence-electron chi connectivity index (χ4n) is 3.42. The highest BCUT2D eigenvalue weighted by Crippen LogP contribution is 2.30. The van der Waals surface area contributed by atoms with E-state index in [1.54, 1.807) is 0 Å². The van der Waals surface area contributed by atoms with E-state index in [0.29, 0.717) is 0 Å². The van der Waals surface area contributed by atoms with Crippen LogP contribution in [0.2, 0.25) is 0 Å². The van der Waals surface area contributed by atoms with Crippen LogP contribution in [0.1, 0.15) is 45.5 Å². The summed E-state index contributed by atoms with van der Waals surface area (Å²) in [6.07, 6.45) is 8.62. The Bertz CT molecular complexity index is 820. The molecular formula is C22H23OP. The van der Waals surface area contributed by atoms with Gasteiger partial charge in [-0.15, -0.1) is 0 Å². The lowest BCUT2D eigenvalue weighted by molar-refractivity contribution is 0.108. The summed E-state index contributed by atoms with van der Waals surface area (Å²) < 4.78 is 0. The number of hydrogen-bond donors (Lipinski definition) is 0. The van der Waals surface area contributed by atoms with Crippen LogP contribution in [0.15, 0.2) is 54.6 Å². The number of hydrogen-bond acceptors (Lipinski definition) is 1. The number of benzene rings is 2. The van der Waals surface area contributed by atoms with E-state index in [0.717, 1.165) is 34.8 Å². The molecule has 1 aliphatic carbocycles. The summed E-state index contributed by atoms with van der Waals surface area (Å²) in [7, 11) is 0.165. The molecule has 0 amide bonds. The molecule has 1 unspecified atom stereocenters. The largest absolute Gasteiger partial charge is 0.289 e. The van der Waals surface area contributed by atoms with Gasteiger partial charge in [0.15, 0.2) is 5.52 Å². The molecule has 2 heteroatoms. The van der Waals surface area contributed by atoms with Gasteiger partial charge in [0.25, 0.3) is 0 Å². The first-order chi connectivity index (χ1) is 11.6. The van der Waals surface area contributed by atoms with Crippen molar-refractivity contribution in [2.75, 3.05) is 0 Å². The molecule has 0 heterocycles. The summed E-state index contributed by atoms with van der Waals surface area (Å²) in [6, 6.07) is 12.6. The second-order valence-corrected chi connectivity index (χ2v) is 7.67. The molecule has 2 aromatic rings. The van der Waals surface area contributed by atoms with E-state index in [4.69, 9.17) is 0 Å². The molecule has 1 nitrogen and oxygen atoms in total. The minimum absolute atomic E-state index is 0.165. The van der Waals surface area contributed by atoms with Crippen LogP contribution in [0, 0.1) is 20.8 Å². The highest BCUT2D eigenvalue weighted by atomic mass is 31.1. The Labute approximate surface area is 146 Å². The van der Waals surface area contributed by atoms with Crippen molar-refractivity contribution < 1.29 is 4.79 Å². The molecule has 1 atom stereocenters. The van der Waals surface area contributed by atoms with Crippen molar-refractivity contribution in [1.82, 2.24) is 0 Å². The smallest absolute Gasteiger partial charge is 0.186 e. The van der Waals surface area contributed by atoms with Crippen LogP contribution in [-0.2, 0) is 0 Å². The number of aryl methyl sites for hydroxylation is 3. The van der Waals surface area contributed by atoms with Crippen LogP contribution >= 0.6 is 8.58 Å². The number of rotatable bonds is 4. The summed E-state index contributed by atoms with van der Waals surface area (Å²) in [5.74, 6) is 0. The van der Waals surface area contributed by atoms with Gasteiger partial charge >= 0.3 is 0 Å². The summed E-state index contributed by atoms with van der Waals surface area (Å²) >= 11 is 0. The Hall–Kier alpha value is -1.98. The van der Waals surface area contributed by atoms with Gasteiger partial charge in [0.2, 0.25) is 0 Å². The van der Waals surface area contributed by atoms with Gasteiger partial charge in [-0.1, -0.05) is 60.2 Å². The topological polar surface area (TPSA) is 17.1 Å². The van der Waals surface area contributed by atoms with Gasteiger partial charge in [0.05, 0.1) is 0 Å². The van der Waals surface area contributed by atoms with E-state index in [1.807, 2.05) is 19.9 Å². The van der Waals surface area contributed by atoms with Crippen LogP contribution < -0.4 is 5.30 Å². The van der Waals surface area contributed by atoms with Crippen molar-refractivity contribution in [1.29, 1.82) is 0 Å². The lowest BCUT2D eigenvalue weighted by atomic mass is 9.97. The van der Waals surface area contributed by atoms with Crippen molar-refractivity contribution in [2.45, 2.75) is 33.6 Å². The maximum Gasteiger partial charge on any atom is 0.186 e. The zero-order valence-electron chi connectivity index (χ0n) is 14.5. The van der Waals surface area contributed by atoms with Crippen LogP contribution in [0.5, 0.6) is 0 Å². The van der Waals surface area contributed by atoms with Crippen LogP contribution in [0.25, 0.3) is 5.57 Å². The van der Waals surface area contributed by atoms with E-state index >= 15 is 0 Å². The normalized spacial score (nSPS) is 14.2. The van der Waals surface area contributed by atoms with Crippen molar-refractivity contribution in [2.24, 2.45) is 0 Å². The minimum atomic E-state index is 0.165. The lowest BCUT2D eigenvalue weighted by Gasteiger charge is -2.15. The van der Waals surface area contributed by atoms with Gasteiger partial charge in [-0.05, 0) is 69.8 Å². The third kappa shape index (κ3) is 3.57. The summed E-state index contributed by atoms with van der Waals surface area (Å²) in [4.78, 5) is 13.0. The lowest BCUT2D eigenvalue weighted by Crippen LogP contribution is -2.09. The number of carbonyl (C=O) groups is 1. The van der Waals surface area contributed by atoms with Gasteiger partial charge in [0, 0.05) is 5.56 Å². The van der Waals surface area contributed by atoms with Crippen molar-refractivity contribution in [3.63, 3.8) is 0 Å². The monoisotopic (exact) mass is 334 g/mol. The van der Waals surface area contributed by atoms with E-state index in [2.05, 4.69) is 55.5 Å². The zero-order valence-corrected chi connectivity index (χ0v) is 15.5. The van der Waals surface area contributed by atoms with Gasteiger partial charge in [-0.2, -0.15) is 0 Å². The van der Waals surface area contributed by atoms with Gasteiger partial charge in [0.1, 0.15) is 0 Å². The molecule has 24 heavy (non-hydrogen) atoms. The van der Waals surface area contributed by atoms with E-state index in [-0.39, 0.29) is 14.1 Å². The van der Waals surface area contributed by atoms with Crippen molar-refractivity contribution in [3.8, 4) is 0 Å². The van der Waals surface area contributed by atoms with E-state index in [1.165, 1.54) is 16.7 Å². The first-order valence-electron chi connectivity index (χ1n) is 8.40. The predicted octanol–water partition coefficient (Wildman–Crippen LogP) is 5.49. The van der Waals surface area contributed by atoms with Gasteiger partial charge < -0.3 is 0 Å². The zero-order chi connectivity index (χ0) is 17.1. The standard InChI is InChI=1S/C22H23OP/c1-15-13-16(2)21(17(3)14-15)22(23)24-20-12-8-7-11-19(20)18-9-5-4-6-10-18/h4-5,7-9,11-14,24H,6,10H2,1-3H3. The minimum Gasteiger partial charge on any atom is -0.289 e. The quantitative estimate of drug-likeness (QED) is 0.676. The van der Waals surface area contributed by atoms with Crippen molar-refractivity contribution in [3.05, 3.63) is 82.4 Å². The van der Waals surface area contributed by atoms with Crippen LogP contribution in [0.3, 0.4) is 0 Å². The molecular weight excluding hydrogens is 311 g/mol. The Morgan fingerprint density at radius 2 is 1.75 bits per heavy atom. The Morgan fingerprint density at radius 3 is 2.42 bits per heavy atom. The Kier molecular flexibility index (Phi) is 5.11. The average Bonchev–Trinajstić information content (AvgIpc) is 2.55. The SMILES string of the molecule is Cc1cc(C)c(C(=O)Pc2ccccc2C2=CC=CCC2)c(C)c1. The first-order valence-corrected chi connectivity index (χ1v) is 9.40. The third-order valence-corrected chi connectivity index (χ3v) is 5.62. The van der Waals surface area contributed by atoms with Gasteiger partial charge in [-0.3, -0.25) is 4.79 Å². The average molecular weight is 334 g/mol. The summed E-state index contributed by atoms with van der Waals surface area (Å²) in [6.45, 7) is 6.16. The highest BCUT2D eigenvalue weighted by molar-refractivity contribution is 7.66. The number of carbonyl (C=O) groups excluding carboxylic acids is 1. The molecule has 0 aliphatic heterocycles. The van der Waals surface area contributed by atoms with Gasteiger partial charge in [-0.25, -0.2) is 0 Å². The summed E-state index contributed by atoms with van der Waals surface area (Å²) in [5, 5.41) is 1.16. The first kappa shape index (κ1) is 16.9. The Balaban J connectivity index is 1.94. The molecule has 0 fully saturated rings. The third-order valence-electron chi connectivity index (χ3n) is 4.44. The molecule has 2 aromatic carbocycles. The second-order valence-electron chi connectivity index (χ2n) is 6.43. The molecule has 0 spiro atoms. The summed E-state index contributed by atoms with van der Waals surface area (Å²) in [5.41, 5.74) is 7.09. The molecule has 0 aromatic heterocycles. The Morgan fingerprint density at radius 1 is 1.04 bits per heavy atom. The van der Waals surface area contributed by atoms with E-state index in [9.17, 15) is 4.79 Å². The molecule has 0 radical (unpaired) electrons. The molecule has 3 rings (SSSR count). The highest BCUT2D eigenvalue weighted by Gasteiger charge is 2.16. The molecule has 1 aliphatic rings. The second kappa shape index (κ2) is 7.28. The molecule has 0 bridgehead atoms. The van der Waals surface area contributed by atoms with Crippen LogP contribution in [-0.4, -0.2) is 5.52 Å². The molecule has 0 saturated carbocycles. The fraction of sp³-hybridized carbons (Fsp3) is 0.227. The van der Waals surface area contributed by atoms with Crippen molar-refractivity contribution >= 4 is 25.0 Å². The fourth-order valence-corrected chi connectivity index (χ4v) is 4.74. The maximum absolute atomic E-state index is 13.0. The maximum atomic E-state index is 13.0. The molecule has 122 valence electrons.